The van der Waals surface area contributed by atoms with Crippen LogP contribution in [-0.4, -0.2) is 35.3 Å². The zero-order chi connectivity index (χ0) is 14.8. The zero-order valence-corrected chi connectivity index (χ0v) is 11.8. The molecule has 5 heteroatoms. The van der Waals surface area contributed by atoms with Crippen molar-refractivity contribution in [2.45, 2.75) is 19.4 Å². The highest BCUT2D eigenvalue weighted by molar-refractivity contribution is 6.17. The summed E-state index contributed by atoms with van der Waals surface area (Å²) in [6, 6.07) is 7.81. The summed E-state index contributed by atoms with van der Waals surface area (Å²) >= 11 is 0. The maximum absolute atomic E-state index is 12.2. The molecule has 0 amide bonds. The lowest BCUT2D eigenvalue weighted by molar-refractivity contribution is -0.136. The van der Waals surface area contributed by atoms with Crippen molar-refractivity contribution in [3.63, 3.8) is 0 Å². The Morgan fingerprint density at radius 2 is 2.24 bits per heavy atom. The average Bonchev–Trinajstić information content (AvgIpc) is 2.74. The van der Waals surface area contributed by atoms with Gasteiger partial charge in [0, 0.05) is 17.1 Å². The minimum atomic E-state index is -0.364. The fourth-order valence-corrected chi connectivity index (χ4v) is 2.71. The van der Waals surface area contributed by atoms with Gasteiger partial charge in [-0.05, 0) is 25.0 Å². The number of para-hydroxylation sites is 1. The third kappa shape index (κ3) is 2.40. The van der Waals surface area contributed by atoms with Gasteiger partial charge >= 0.3 is 5.97 Å². The van der Waals surface area contributed by atoms with Crippen LogP contribution in [0.5, 0.6) is 0 Å². The number of hydrogen-bond donors (Lipinski definition) is 3. The Hall–Kier alpha value is -2.27. The van der Waals surface area contributed by atoms with Crippen LogP contribution in [0, 0.1) is 0 Å². The van der Waals surface area contributed by atoms with Crippen molar-refractivity contribution >= 4 is 22.4 Å². The molecule has 0 saturated heterocycles. The molecule has 2 heterocycles. The van der Waals surface area contributed by atoms with Crippen molar-refractivity contribution in [3.8, 4) is 0 Å². The number of H-pyrrole nitrogens is 1. The van der Waals surface area contributed by atoms with Gasteiger partial charge in [0.15, 0.2) is 0 Å². The van der Waals surface area contributed by atoms with E-state index in [0.29, 0.717) is 18.6 Å². The standard InChI is InChI=1S/C16H18N2O3/c1-2-21-16(20)13-8-17-10(9-19)7-12-11-5-3-4-6-14(11)18-15(12)13/h3-6,8,10,17-19H,2,7,9H2,1H3. The number of aliphatic hydroxyl groups is 1. The molecule has 0 saturated carbocycles. The first-order valence-electron chi connectivity index (χ1n) is 7.08. The summed E-state index contributed by atoms with van der Waals surface area (Å²) < 4.78 is 5.13. The van der Waals surface area contributed by atoms with Gasteiger partial charge in [-0.3, -0.25) is 0 Å². The van der Waals surface area contributed by atoms with Gasteiger partial charge < -0.3 is 20.1 Å². The smallest absolute Gasteiger partial charge is 0.341 e. The third-order valence-corrected chi connectivity index (χ3v) is 3.71. The molecule has 0 fully saturated rings. The second kappa shape index (κ2) is 5.61. The molecule has 3 rings (SSSR count). The first kappa shape index (κ1) is 13.7. The Morgan fingerprint density at radius 3 is 3.00 bits per heavy atom. The topological polar surface area (TPSA) is 74.3 Å². The summed E-state index contributed by atoms with van der Waals surface area (Å²) in [7, 11) is 0. The predicted molar refractivity (Wildman–Crippen MR) is 80.6 cm³/mol. The molecule has 1 atom stereocenters. The molecule has 2 aromatic rings. The summed E-state index contributed by atoms with van der Waals surface area (Å²) in [6.45, 7) is 2.12. The Labute approximate surface area is 122 Å². The highest BCUT2D eigenvalue weighted by Crippen LogP contribution is 2.30. The molecule has 0 radical (unpaired) electrons. The number of benzene rings is 1. The number of ether oxygens (including phenoxy) is 1. The van der Waals surface area contributed by atoms with Crippen molar-refractivity contribution in [1.82, 2.24) is 10.3 Å². The number of aromatic nitrogens is 1. The Balaban J connectivity index is 2.15. The van der Waals surface area contributed by atoms with Crippen LogP contribution in [0.2, 0.25) is 0 Å². The van der Waals surface area contributed by atoms with Crippen LogP contribution in [0.4, 0.5) is 0 Å². The van der Waals surface area contributed by atoms with Crippen molar-refractivity contribution < 1.29 is 14.6 Å². The van der Waals surface area contributed by atoms with Gasteiger partial charge in [-0.2, -0.15) is 0 Å². The van der Waals surface area contributed by atoms with Gasteiger partial charge in [-0.15, -0.1) is 0 Å². The number of carbonyl (C=O) groups is 1. The number of nitrogens with one attached hydrogen (secondary N) is 2. The van der Waals surface area contributed by atoms with E-state index in [1.165, 1.54) is 0 Å². The van der Waals surface area contributed by atoms with Gasteiger partial charge in [0.25, 0.3) is 0 Å². The highest BCUT2D eigenvalue weighted by atomic mass is 16.5. The molecule has 110 valence electrons. The van der Waals surface area contributed by atoms with Crippen LogP contribution >= 0.6 is 0 Å². The van der Waals surface area contributed by atoms with E-state index >= 15 is 0 Å². The first-order valence-corrected chi connectivity index (χ1v) is 7.08. The number of aromatic amines is 1. The summed E-state index contributed by atoms with van der Waals surface area (Å²) in [4.78, 5) is 15.5. The van der Waals surface area contributed by atoms with Crippen LogP contribution in [0.1, 0.15) is 18.2 Å². The van der Waals surface area contributed by atoms with Crippen molar-refractivity contribution in [1.29, 1.82) is 0 Å². The van der Waals surface area contributed by atoms with E-state index in [1.54, 1.807) is 13.1 Å². The number of esters is 1. The second-order valence-corrected chi connectivity index (χ2v) is 5.05. The van der Waals surface area contributed by atoms with Gasteiger partial charge in [0.2, 0.25) is 0 Å². The van der Waals surface area contributed by atoms with Gasteiger partial charge in [-0.25, -0.2) is 4.79 Å². The number of carbonyl (C=O) groups excluding carboxylic acids is 1. The van der Waals surface area contributed by atoms with E-state index in [1.807, 2.05) is 24.3 Å². The molecule has 0 aliphatic carbocycles. The molecular weight excluding hydrogens is 268 g/mol. The Bertz CT molecular complexity index is 703. The number of rotatable bonds is 3. The highest BCUT2D eigenvalue weighted by Gasteiger charge is 2.25. The van der Waals surface area contributed by atoms with E-state index < -0.39 is 0 Å². The fourth-order valence-electron chi connectivity index (χ4n) is 2.71. The van der Waals surface area contributed by atoms with E-state index in [2.05, 4.69) is 10.3 Å². The molecule has 21 heavy (non-hydrogen) atoms. The van der Waals surface area contributed by atoms with Gasteiger partial charge in [0.05, 0.1) is 30.5 Å². The molecular formula is C16H18N2O3. The van der Waals surface area contributed by atoms with Gasteiger partial charge in [-0.1, -0.05) is 18.2 Å². The van der Waals surface area contributed by atoms with Crippen molar-refractivity contribution in [3.05, 3.63) is 41.7 Å². The fraction of sp³-hybridized carbons (Fsp3) is 0.312. The summed E-state index contributed by atoms with van der Waals surface area (Å²) in [5.74, 6) is -0.364. The average molecular weight is 286 g/mol. The summed E-state index contributed by atoms with van der Waals surface area (Å²) in [6.07, 6.45) is 2.29. The largest absolute Gasteiger partial charge is 0.462 e. The van der Waals surface area contributed by atoms with E-state index in [4.69, 9.17) is 4.74 Å². The molecule has 1 aliphatic heterocycles. The number of fused-ring (bicyclic) bond motifs is 3. The number of hydrogen-bond acceptors (Lipinski definition) is 4. The lowest BCUT2D eigenvalue weighted by atomic mass is 10.0. The van der Waals surface area contributed by atoms with E-state index in [9.17, 15) is 9.90 Å². The molecule has 5 nitrogen and oxygen atoms in total. The minimum Gasteiger partial charge on any atom is -0.462 e. The van der Waals surface area contributed by atoms with Crippen LogP contribution < -0.4 is 5.32 Å². The van der Waals surface area contributed by atoms with Crippen LogP contribution in [0.15, 0.2) is 30.5 Å². The molecule has 1 aliphatic rings. The monoisotopic (exact) mass is 286 g/mol. The Kier molecular flexibility index (Phi) is 3.66. The van der Waals surface area contributed by atoms with E-state index in [0.717, 1.165) is 22.2 Å². The third-order valence-electron chi connectivity index (χ3n) is 3.71. The second-order valence-electron chi connectivity index (χ2n) is 5.05. The lowest BCUT2D eigenvalue weighted by Gasteiger charge is -2.12. The van der Waals surface area contributed by atoms with E-state index in [-0.39, 0.29) is 18.6 Å². The Morgan fingerprint density at radius 1 is 1.43 bits per heavy atom. The quantitative estimate of drug-likeness (QED) is 0.749. The van der Waals surface area contributed by atoms with Crippen LogP contribution in [-0.2, 0) is 16.0 Å². The normalized spacial score (nSPS) is 17.6. The van der Waals surface area contributed by atoms with Crippen LogP contribution in [0.3, 0.4) is 0 Å². The zero-order valence-electron chi connectivity index (χ0n) is 11.8. The molecule has 0 bridgehead atoms. The molecule has 1 unspecified atom stereocenters. The summed E-state index contributed by atoms with van der Waals surface area (Å²) in [5, 5.41) is 13.6. The molecule has 1 aromatic carbocycles. The van der Waals surface area contributed by atoms with Crippen molar-refractivity contribution in [2.75, 3.05) is 13.2 Å². The minimum absolute atomic E-state index is 0.00551. The molecule has 1 aromatic heterocycles. The summed E-state index contributed by atoms with van der Waals surface area (Å²) in [5.41, 5.74) is 3.27. The predicted octanol–water partition coefficient (Wildman–Crippen LogP) is 1.58. The van der Waals surface area contributed by atoms with Crippen LogP contribution in [0.25, 0.3) is 16.5 Å². The van der Waals surface area contributed by atoms with Gasteiger partial charge in [0.1, 0.15) is 0 Å². The lowest BCUT2D eigenvalue weighted by Crippen LogP contribution is -2.29. The maximum Gasteiger partial charge on any atom is 0.341 e. The van der Waals surface area contributed by atoms with Crippen molar-refractivity contribution in [2.24, 2.45) is 0 Å². The SMILES string of the molecule is CCOC(=O)C1=CNC(CO)Cc2c1[nH]c1ccccc21. The number of aliphatic hydroxyl groups excluding tert-OH is 1. The first-order chi connectivity index (χ1) is 10.2. The molecule has 0 spiro atoms. The maximum atomic E-state index is 12.2. The molecule has 3 N–H and O–H groups in total.